The third-order valence-electron chi connectivity index (χ3n) is 13.3. The van der Waals surface area contributed by atoms with Gasteiger partial charge in [-0.05, 0) is 0 Å². The maximum atomic E-state index is 2.99. The van der Waals surface area contributed by atoms with Crippen LogP contribution >= 0.6 is 0 Å². The second-order valence-corrected chi connectivity index (χ2v) is 106. The van der Waals surface area contributed by atoms with Crippen LogP contribution < -0.4 is 6.54 Å². The van der Waals surface area contributed by atoms with Gasteiger partial charge >= 0.3 is 410 Å². The molecule has 0 nitrogen and oxygen atoms in total. The minimum absolute atomic E-state index is 0.432. The molecule has 0 spiro atoms. The Labute approximate surface area is 404 Å². The number of rotatable bonds is 18. The summed E-state index contributed by atoms with van der Waals surface area (Å²) in [6.45, 7) is 82.0. The van der Waals surface area contributed by atoms with Gasteiger partial charge < -0.3 is 0 Å². The van der Waals surface area contributed by atoms with Crippen LogP contribution in [0.2, 0.25) is 196 Å². The fraction of sp³-hybridized carbons (Fsp3) is 0.750. The standard InChI is InChI=1S/2C24H51Si5.2Bi/c2*1-25(2,3)19-21-16-22(20-26(4,5)6)18-23(17-21)24(27(7,8)9,28(10,11)12)29(13,14)15;;/h2*17-18H,19-20H2,1-15H3;;. The van der Waals surface area contributed by atoms with Crippen LogP contribution in [-0.2, 0) is 32.7 Å². The molecule has 0 saturated carbocycles. The van der Waals surface area contributed by atoms with E-state index in [2.05, 4.69) is 221 Å². The molecule has 12 heteroatoms. The first-order chi connectivity index (χ1) is 26.0. The van der Waals surface area contributed by atoms with Gasteiger partial charge in [-0.15, -0.1) is 0 Å². The van der Waals surface area contributed by atoms with E-state index >= 15 is 0 Å². The summed E-state index contributed by atoms with van der Waals surface area (Å²) in [5.41, 5.74) is 11.3. The summed E-state index contributed by atoms with van der Waals surface area (Å²) in [7, 11) is -15.4. The Kier molecular flexibility index (Phi) is 18.6. The van der Waals surface area contributed by atoms with Gasteiger partial charge in [0, 0.05) is 0 Å². The zero-order valence-electron chi connectivity index (χ0n) is 46.0. The summed E-state index contributed by atoms with van der Waals surface area (Å²) in [5.74, 6) is 0. The summed E-state index contributed by atoms with van der Waals surface area (Å²) >= 11 is -1.95. The SMILES string of the molecule is C[Si](C)(C)Cc1cc(C([Si](C)(C)C)([Si](C)(C)C)[Si](C)(C)C)cc(C[Si](C)(C)C)[c]1[Bi]=[Bi][c]1c(C[Si](C)(C)C)cc(C([Si](C)(C)C)([Si](C)(C)C)[Si](C)(C)C)cc1C[Si](C)(C)C. The normalized spacial score (nSPS) is 15.4. The van der Waals surface area contributed by atoms with Gasteiger partial charge in [-0.1, -0.05) is 0 Å². The maximum absolute atomic E-state index is 2.99. The van der Waals surface area contributed by atoms with Crippen LogP contribution in [0.5, 0.6) is 0 Å². The average molecular weight is 1380 g/mol. The number of hydrogen-bond acceptors (Lipinski definition) is 0. The van der Waals surface area contributed by atoms with Crippen LogP contribution in [0, 0.1) is 0 Å². The van der Waals surface area contributed by atoms with Gasteiger partial charge in [-0.2, -0.15) is 0 Å². The molecule has 0 unspecified atom stereocenters. The van der Waals surface area contributed by atoms with Crippen molar-refractivity contribution in [3.05, 3.63) is 57.6 Å². The Balaban J connectivity index is 3.48. The van der Waals surface area contributed by atoms with Gasteiger partial charge in [0.15, 0.2) is 0 Å². The van der Waals surface area contributed by atoms with Crippen LogP contribution in [0.1, 0.15) is 33.4 Å². The second-order valence-electron chi connectivity index (χ2n) is 30.4. The van der Waals surface area contributed by atoms with E-state index in [9.17, 15) is 0 Å². The number of hydrogen-bond donors (Lipinski definition) is 0. The molecular formula is C48H102Bi2Si10. The Bertz CT molecular complexity index is 1560. The molecule has 60 heavy (non-hydrogen) atoms. The van der Waals surface area contributed by atoms with Crippen molar-refractivity contribution in [3.63, 3.8) is 0 Å². The summed E-state index contributed by atoms with van der Waals surface area (Å²) in [6.07, 6.45) is 0. The molecule has 0 aromatic heterocycles. The summed E-state index contributed by atoms with van der Waals surface area (Å²) in [5, 5.41) is 0. The Morgan fingerprint density at radius 3 is 0.550 bits per heavy atom. The Morgan fingerprint density at radius 1 is 0.283 bits per heavy atom. The molecule has 0 amide bonds. The topological polar surface area (TPSA) is 0 Å². The van der Waals surface area contributed by atoms with E-state index in [1.165, 1.54) is 24.2 Å². The molecular weight excluding hydrogens is 1280 g/mol. The van der Waals surface area contributed by atoms with Gasteiger partial charge in [0.2, 0.25) is 0 Å². The molecule has 2 aromatic rings. The molecule has 0 fully saturated rings. The molecule has 2 rings (SSSR count). The average Bonchev–Trinajstić information content (AvgIpc) is 2.85. The van der Waals surface area contributed by atoms with E-state index in [0.717, 1.165) is 0 Å². The van der Waals surface area contributed by atoms with Crippen LogP contribution in [0.15, 0.2) is 24.3 Å². The Hall–Kier alpha value is 2.38. The predicted molar refractivity (Wildman–Crippen MR) is 315 cm³/mol. The fourth-order valence-electron chi connectivity index (χ4n) is 14.5. The fourth-order valence-corrected chi connectivity index (χ4v) is 112. The van der Waals surface area contributed by atoms with Crippen molar-refractivity contribution in [2.75, 3.05) is 0 Å². The summed E-state index contributed by atoms with van der Waals surface area (Å²) in [4.78, 5) is 0. The molecule has 0 aliphatic heterocycles. The molecule has 0 saturated heterocycles. The first-order valence-electron chi connectivity index (χ1n) is 23.8. The zero-order valence-corrected chi connectivity index (χ0v) is 63.0. The summed E-state index contributed by atoms with van der Waals surface area (Å²) < 4.78 is 4.94. The van der Waals surface area contributed by atoms with Gasteiger partial charge in [0.25, 0.3) is 0 Å². The molecule has 0 bridgehead atoms. The quantitative estimate of drug-likeness (QED) is 0.131. The zero-order chi connectivity index (χ0) is 47.7. The van der Waals surface area contributed by atoms with E-state index in [1.54, 1.807) is 0 Å². The molecule has 0 atom stereocenters. The van der Waals surface area contributed by atoms with Crippen molar-refractivity contribution in [2.45, 2.75) is 229 Å². The van der Waals surface area contributed by atoms with Crippen molar-refractivity contribution in [2.24, 2.45) is 0 Å². The minimum atomic E-state index is -1.63. The van der Waals surface area contributed by atoms with Crippen molar-refractivity contribution in [1.29, 1.82) is 0 Å². The molecule has 2 aromatic carbocycles. The van der Waals surface area contributed by atoms with E-state index in [0.29, 0.717) is 8.57 Å². The van der Waals surface area contributed by atoms with Crippen LogP contribution in [0.4, 0.5) is 0 Å². The third-order valence-corrected chi connectivity index (χ3v) is 84.7. The second kappa shape index (κ2) is 19.0. The van der Waals surface area contributed by atoms with Gasteiger partial charge in [0.1, 0.15) is 0 Å². The molecule has 0 heterocycles. The van der Waals surface area contributed by atoms with Gasteiger partial charge in [-0.25, -0.2) is 0 Å². The summed E-state index contributed by atoms with van der Waals surface area (Å²) in [6, 6.07) is 17.5. The Morgan fingerprint density at radius 2 is 0.433 bits per heavy atom. The first-order valence-corrected chi connectivity index (χ1v) is 78.3. The van der Waals surface area contributed by atoms with Crippen LogP contribution in [0.25, 0.3) is 0 Å². The monoisotopic (exact) mass is 1380 g/mol. The van der Waals surface area contributed by atoms with E-state index in [-0.39, 0.29) is 0 Å². The molecule has 0 aliphatic rings. The first kappa shape index (κ1) is 58.5. The van der Waals surface area contributed by atoms with E-state index < -0.39 is 116 Å². The third kappa shape index (κ3) is 13.5. The predicted octanol–water partition coefficient (Wildman–Crippen LogP) is 14.4. The van der Waals surface area contributed by atoms with Crippen molar-refractivity contribution >= 4 is 123 Å². The molecule has 0 radical (unpaired) electrons. The van der Waals surface area contributed by atoms with Crippen LogP contribution in [0.3, 0.4) is 0 Å². The van der Waals surface area contributed by atoms with Gasteiger partial charge in [0.05, 0.1) is 0 Å². The van der Waals surface area contributed by atoms with Crippen molar-refractivity contribution < 1.29 is 0 Å². The van der Waals surface area contributed by atoms with E-state index in [1.807, 2.05) is 39.9 Å². The van der Waals surface area contributed by atoms with Crippen LogP contribution in [-0.4, -0.2) is 116 Å². The van der Waals surface area contributed by atoms with Gasteiger partial charge in [-0.3, -0.25) is 0 Å². The molecule has 344 valence electrons. The van der Waals surface area contributed by atoms with Crippen molar-refractivity contribution in [3.8, 4) is 0 Å². The number of benzene rings is 2. The molecule has 0 N–H and O–H groups in total. The molecule has 0 aliphatic carbocycles. The van der Waals surface area contributed by atoms with Crippen molar-refractivity contribution in [1.82, 2.24) is 0 Å². The van der Waals surface area contributed by atoms with E-state index in [4.69, 9.17) is 0 Å².